The average Bonchev–Trinajstić information content (AvgIpc) is 3.51. The van der Waals surface area contributed by atoms with Gasteiger partial charge in [0, 0.05) is 35.1 Å². The van der Waals surface area contributed by atoms with Gasteiger partial charge in [-0.2, -0.15) is 4.39 Å². The lowest BCUT2D eigenvalue weighted by atomic mass is 9.97. The van der Waals surface area contributed by atoms with Gasteiger partial charge in [0.2, 0.25) is 11.9 Å². The molecule has 9 nitrogen and oxygen atoms in total. The van der Waals surface area contributed by atoms with Crippen LogP contribution >= 0.6 is 11.3 Å². The summed E-state index contributed by atoms with van der Waals surface area (Å²) in [4.78, 5) is 12.8. The standard InChI is InChI=1S/C24H22F2N8OS/c1-13(27)18-10-29-21(26)8-17(18)16-4-2-3-14-7-20(36-23(14)16)22-19(25)11-30-24(32-22)28-5-6-34-15(12-35)9-31-33-34/h2-4,7-11,13,35H,5-6,12,27H2,1H3,(H,28,30,32)/t13-/m1/s1. The van der Waals surface area contributed by atoms with Crippen LogP contribution in [0.25, 0.3) is 31.8 Å². The van der Waals surface area contributed by atoms with Crippen molar-refractivity contribution in [2.75, 3.05) is 11.9 Å². The Morgan fingerprint density at radius 3 is 2.81 bits per heavy atom. The third kappa shape index (κ3) is 4.65. The molecular weight excluding hydrogens is 486 g/mol. The van der Waals surface area contributed by atoms with E-state index in [0.717, 1.165) is 27.4 Å². The van der Waals surface area contributed by atoms with E-state index < -0.39 is 11.8 Å². The quantitative estimate of drug-likeness (QED) is 0.269. The Morgan fingerprint density at radius 2 is 2.00 bits per heavy atom. The summed E-state index contributed by atoms with van der Waals surface area (Å²) in [6.07, 6.45) is 4.06. The van der Waals surface area contributed by atoms with Crippen LogP contribution in [0.3, 0.4) is 0 Å². The van der Waals surface area contributed by atoms with Crippen molar-refractivity contribution in [1.82, 2.24) is 29.9 Å². The summed E-state index contributed by atoms with van der Waals surface area (Å²) in [5, 5.41) is 20.9. The van der Waals surface area contributed by atoms with E-state index in [1.165, 1.54) is 29.8 Å². The van der Waals surface area contributed by atoms with Gasteiger partial charge in [-0.1, -0.05) is 23.4 Å². The number of rotatable bonds is 8. The van der Waals surface area contributed by atoms with Crippen LogP contribution in [0.5, 0.6) is 0 Å². The number of thiophene rings is 1. The van der Waals surface area contributed by atoms with Crippen LogP contribution in [-0.2, 0) is 13.2 Å². The molecule has 1 atom stereocenters. The van der Waals surface area contributed by atoms with E-state index in [0.29, 0.717) is 29.2 Å². The van der Waals surface area contributed by atoms with Crippen molar-refractivity contribution < 1.29 is 13.9 Å². The van der Waals surface area contributed by atoms with Crippen molar-refractivity contribution >= 4 is 27.4 Å². The van der Waals surface area contributed by atoms with Crippen molar-refractivity contribution in [3.63, 3.8) is 0 Å². The molecule has 4 aromatic heterocycles. The molecule has 12 heteroatoms. The zero-order chi connectivity index (χ0) is 25.2. The molecule has 5 rings (SSSR count). The average molecular weight is 509 g/mol. The number of nitrogens with two attached hydrogens (primary N) is 1. The van der Waals surface area contributed by atoms with Gasteiger partial charge in [0.05, 0.1) is 36.1 Å². The number of benzene rings is 1. The van der Waals surface area contributed by atoms with E-state index in [1.54, 1.807) is 4.68 Å². The molecule has 0 bridgehead atoms. The maximum absolute atomic E-state index is 14.8. The number of fused-ring (bicyclic) bond motifs is 1. The van der Waals surface area contributed by atoms with Crippen molar-refractivity contribution in [3.8, 4) is 21.7 Å². The number of anilines is 1. The van der Waals surface area contributed by atoms with Gasteiger partial charge in [-0.05, 0) is 29.5 Å². The molecule has 0 spiro atoms. The second-order valence-electron chi connectivity index (χ2n) is 8.14. The fourth-order valence-electron chi connectivity index (χ4n) is 3.92. The molecule has 0 fully saturated rings. The smallest absolute Gasteiger partial charge is 0.223 e. The fraction of sp³-hybridized carbons (Fsp3) is 0.208. The molecule has 0 unspecified atom stereocenters. The van der Waals surface area contributed by atoms with E-state index in [9.17, 15) is 13.9 Å². The second kappa shape index (κ2) is 10.0. The first-order valence-electron chi connectivity index (χ1n) is 11.1. The third-order valence-corrected chi connectivity index (χ3v) is 6.86. The summed E-state index contributed by atoms with van der Waals surface area (Å²) in [5.74, 6) is -0.901. The zero-order valence-corrected chi connectivity index (χ0v) is 20.0. The van der Waals surface area contributed by atoms with E-state index in [-0.39, 0.29) is 24.3 Å². The van der Waals surface area contributed by atoms with Crippen LogP contribution < -0.4 is 11.1 Å². The monoisotopic (exact) mass is 508 g/mol. The van der Waals surface area contributed by atoms with Gasteiger partial charge < -0.3 is 16.2 Å². The van der Waals surface area contributed by atoms with Crippen LogP contribution in [0.15, 0.2) is 48.9 Å². The number of nitrogens with one attached hydrogen (secondary N) is 1. The highest BCUT2D eigenvalue weighted by Crippen LogP contribution is 2.41. The minimum atomic E-state index is -0.599. The summed E-state index contributed by atoms with van der Waals surface area (Å²) >= 11 is 1.36. The van der Waals surface area contributed by atoms with Gasteiger partial charge in [0.25, 0.3) is 0 Å². The first-order chi connectivity index (χ1) is 17.4. The highest BCUT2D eigenvalue weighted by molar-refractivity contribution is 7.22. The number of aromatic nitrogens is 6. The molecular formula is C24H22F2N8OS. The highest BCUT2D eigenvalue weighted by Gasteiger charge is 2.18. The molecule has 0 radical (unpaired) electrons. The van der Waals surface area contributed by atoms with E-state index in [4.69, 9.17) is 5.73 Å². The predicted molar refractivity (Wildman–Crippen MR) is 133 cm³/mol. The molecule has 0 saturated carbocycles. The fourth-order valence-corrected chi connectivity index (χ4v) is 5.10. The molecule has 0 aliphatic carbocycles. The first kappa shape index (κ1) is 23.9. The molecule has 36 heavy (non-hydrogen) atoms. The molecule has 5 aromatic rings. The van der Waals surface area contributed by atoms with E-state index >= 15 is 0 Å². The largest absolute Gasteiger partial charge is 0.390 e. The molecule has 0 aliphatic heterocycles. The van der Waals surface area contributed by atoms with Crippen LogP contribution in [-0.4, -0.2) is 41.6 Å². The van der Waals surface area contributed by atoms with Crippen molar-refractivity contribution in [1.29, 1.82) is 0 Å². The number of aliphatic hydroxyl groups excluding tert-OH is 1. The number of nitrogens with zero attached hydrogens (tertiary/aromatic N) is 6. The summed E-state index contributed by atoms with van der Waals surface area (Å²) in [6, 6.07) is 8.55. The van der Waals surface area contributed by atoms with Gasteiger partial charge in [-0.25, -0.2) is 24.0 Å². The lowest BCUT2D eigenvalue weighted by Gasteiger charge is -2.13. The topological polar surface area (TPSA) is 128 Å². The Balaban J connectivity index is 1.47. The maximum Gasteiger partial charge on any atom is 0.223 e. The Kier molecular flexibility index (Phi) is 6.63. The second-order valence-corrected chi connectivity index (χ2v) is 9.19. The molecule has 1 aromatic carbocycles. The summed E-state index contributed by atoms with van der Waals surface area (Å²) in [5.41, 5.74) is 9.01. The van der Waals surface area contributed by atoms with Crippen LogP contribution in [0.2, 0.25) is 0 Å². The molecule has 4 N–H and O–H groups in total. The Labute approximate surface area is 208 Å². The third-order valence-electron chi connectivity index (χ3n) is 5.67. The normalized spacial score (nSPS) is 12.2. The lowest BCUT2D eigenvalue weighted by Crippen LogP contribution is -2.15. The summed E-state index contributed by atoms with van der Waals surface area (Å²) in [7, 11) is 0. The Morgan fingerprint density at radius 1 is 1.14 bits per heavy atom. The van der Waals surface area contributed by atoms with Gasteiger partial charge in [-0.15, -0.1) is 16.4 Å². The van der Waals surface area contributed by atoms with Crippen LogP contribution in [0.4, 0.5) is 14.7 Å². The Bertz CT molecular complexity index is 1530. The number of halogens is 2. The lowest BCUT2D eigenvalue weighted by molar-refractivity contribution is 0.268. The zero-order valence-electron chi connectivity index (χ0n) is 19.2. The molecule has 184 valence electrons. The van der Waals surface area contributed by atoms with Crippen molar-refractivity contribution in [2.24, 2.45) is 5.73 Å². The Hall–Kier alpha value is -3.87. The van der Waals surface area contributed by atoms with Gasteiger partial charge in [0.15, 0.2) is 5.82 Å². The number of hydrogen-bond donors (Lipinski definition) is 3. The molecule has 4 heterocycles. The summed E-state index contributed by atoms with van der Waals surface area (Å²) < 4.78 is 31.3. The van der Waals surface area contributed by atoms with E-state index in [1.807, 2.05) is 31.2 Å². The predicted octanol–water partition coefficient (Wildman–Crippen LogP) is 3.91. The first-order valence-corrected chi connectivity index (χ1v) is 11.9. The SMILES string of the molecule is C[C@@H](N)c1cnc(F)cc1-c1cccc2cc(-c3nc(NCCn4nncc4CO)ncc3F)sc12. The van der Waals surface area contributed by atoms with Gasteiger partial charge >= 0.3 is 0 Å². The molecule has 0 amide bonds. The molecule has 0 saturated heterocycles. The number of aliphatic hydroxyl groups is 1. The summed E-state index contributed by atoms with van der Waals surface area (Å²) in [6.45, 7) is 2.46. The maximum atomic E-state index is 14.8. The number of pyridine rings is 1. The minimum Gasteiger partial charge on any atom is -0.390 e. The van der Waals surface area contributed by atoms with Crippen LogP contribution in [0, 0.1) is 11.8 Å². The molecule has 0 aliphatic rings. The van der Waals surface area contributed by atoms with Gasteiger partial charge in [-0.3, -0.25) is 0 Å². The van der Waals surface area contributed by atoms with Crippen molar-refractivity contribution in [2.45, 2.75) is 26.1 Å². The minimum absolute atomic E-state index is 0.157. The van der Waals surface area contributed by atoms with Crippen molar-refractivity contribution in [3.05, 3.63) is 71.9 Å². The number of hydrogen-bond acceptors (Lipinski definition) is 9. The highest BCUT2D eigenvalue weighted by atomic mass is 32.1. The van der Waals surface area contributed by atoms with Gasteiger partial charge in [0.1, 0.15) is 5.69 Å². The van der Waals surface area contributed by atoms with E-state index in [2.05, 4.69) is 30.6 Å². The van der Waals surface area contributed by atoms with Crippen LogP contribution in [0.1, 0.15) is 24.2 Å².